The lowest BCUT2D eigenvalue weighted by molar-refractivity contribution is -0.122. The molecule has 0 heterocycles. The molecule has 1 aliphatic carbocycles. The van der Waals surface area contributed by atoms with Crippen LogP contribution in [0.2, 0.25) is 0 Å². The minimum atomic E-state index is -0.456. The summed E-state index contributed by atoms with van der Waals surface area (Å²) in [6.07, 6.45) is 3.71. The van der Waals surface area contributed by atoms with Gasteiger partial charge in [0, 0.05) is 12.3 Å². The largest absolute Gasteiger partial charge is 0.347 e. The van der Waals surface area contributed by atoms with Gasteiger partial charge < -0.3 is 5.32 Å². The summed E-state index contributed by atoms with van der Waals surface area (Å²) in [4.78, 5) is 12.4. The van der Waals surface area contributed by atoms with E-state index in [0.717, 1.165) is 12.0 Å². The SMILES string of the molecule is CCCC(=O)NC(C)(C)c1ccccc1C1C(c2ccccc2)=Cc2ccccc21. The van der Waals surface area contributed by atoms with Gasteiger partial charge in [0.25, 0.3) is 0 Å². The third kappa shape index (κ3) is 3.82. The van der Waals surface area contributed by atoms with E-state index in [1.165, 1.54) is 27.8 Å². The quantitative estimate of drug-likeness (QED) is 0.505. The molecule has 0 saturated heterocycles. The monoisotopic (exact) mass is 395 g/mol. The van der Waals surface area contributed by atoms with Crippen LogP contribution >= 0.6 is 0 Å². The van der Waals surface area contributed by atoms with E-state index in [2.05, 4.69) is 104 Å². The van der Waals surface area contributed by atoms with Crippen molar-refractivity contribution < 1.29 is 4.79 Å². The minimum absolute atomic E-state index is 0.1000. The molecule has 0 radical (unpaired) electrons. The van der Waals surface area contributed by atoms with E-state index in [9.17, 15) is 4.79 Å². The van der Waals surface area contributed by atoms with Gasteiger partial charge in [-0.3, -0.25) is 4.79 Å². The zero-order valence-electron chi connectivity index (χ0n) is 18.0. The fraction of sp³-hybridized carbons (Fsp3) is 0.250. The summed E-state index contributed by atoms with van der Waals surface area (Å²) in [5.41, 5.74) is 7.09. The Balaban J connectivity index is 1.83. The Morgan fingerprint density at radius 3 is 2.23 bits per heavy atom. The van der Waals surface area contributed by atoms with Crippen molar-refractivity contribution in [3.05, 3.63) is 107 Å². The van der Waals surface area contributed by atoms with E-state index < -0.39 is 5.54 Å². The summed E-state index contributed by atoms with van der Waals surface area (Å²) >= 11 is 0. The van der Waals surface area contributed by atoms with Crippen molar-refractivity contribution in [3.8, 4) is 0 Å². The molecule has 0 aliphatic heterocycles. The Morgan fingerprint density at radius 2 is 1.50 bits per heavy atom. The van der Waals surface area contributed by atoms with Gasteiger partial charge in [0.05, 0.1) is 5.54 Å². The molecule has 0 fully saturated rings. The first-order valence-electron chi connectivity index (χ1n) is 10.8. The number of carbonyl (C=O) groups is 1. The van der Waals surface area contributed by atoms with Crippen molar-refractivity contribution in [2.24, 2.45) is 0 Å². The van der Waals surface area contributed by atoms with Gasteiger partial charge in [-0.15, -0.1) is 0 Å². The highest BCUT2D eigenvalue weighted by molar-refractivity contribution is 5.94. The lowest BCUT2D eigenvalue weighted by Gasteiger charge is -2.32. The Kier molecular flexibility index (Phi) is 5.59. The van der Waals surface area contributed by atoms with Crippen LogP contribution in [-0.4, -0.2) is 5.91 Å². The summed E-state index contributed by atoms with van der Waals surface area (Å²) < 4.78 is 0. The van der Waals surface area contributed by atoms with Crippen molar-refractivity contribution in [2.45, 2.75) is 45.1 Å². The van der Waals surface area contributed by atoms with Crippen molar-refractivity contribution in [2.75, 3.05) is 0 Å². The van der Waals surface area contributed by atoms with Crippen LogP contribution in [0.3, 0.4) is 0 Å². The van der Waals surface area contributed by atoms with Crippen LogP contribution in [0.5, 0.6) is 0 Å². The predicted octanol–water partition coefficient (Wildman–Crippen LogP) is 6.52. The average molecular weight is 396 g/mol. The van der Waals surface area contributed by atoms with Crippen LogP contribution < -0.4 is 5.32 Å². The molecule has 1 unspecified atom stereocenters. The van der Waals surface area contributed by atoms with Gasteiger partial charge >= 0.3 is 0 Å². The van der Waals surface area contributed by atoms with E-state index in [1.807, 2.05) is 6.92 Å². The second-order valence-corrected chi connectivity index (χ2v) is 8.54. The van der Waals surface area contributed by atoms with Gasteiger partial charge in [0.15, 0.2) is 0 Å². The van der Waals surface area contributed by atoms with Crippen LogP contribution in [0, 0.1) is 0 Å². The molecule has 152 valence electrons. The lowest BCUT2D eigenvalue weighted by Crippen LogP contribution is -2.41. The average Bonchev–Trinajstić information content (AvgIpc) is 3.14. The third-order valence-corrected chi connectivity index (χ3v) is 5.91. The number of hydrogen-bond donors (Lipinski definition) is 1. The second kappa shape index (κ2) is 8.31. The summed E-state index contributed by atoms with van der Waals surface area (Å²) in [5.74, 6) is 0.241. The van der Waals surface area contributed by atoms with Gasteiger partial charge in [0.1, 0.15) is 0 Å². The Bertz CT molecular complexity index is 1080. The number of benzene rings is 3. The molecule has 2 heteroatoms. The second-order valence-electron chi connectivity index (χ2n) is 8.54. The first-order valence-corrected chi connectivity index (χ1v) is 10.8. The predicted molar refractivity (Wildman–Crippen MR) is 125 cm³/mol. The number of fused-ring (bicyclic) bond motifs is 1. The topological polar surface area (TPSA) is 29.1 Å². The summed E-state index contributed by atoms with van der Waals surface area (Å²) in [5, 5.41) is 3.26. The molecular weight excluding hydrogens is 366 g/mol. The molecule has 30 heavy (non-hydrogen) atoms. The molecule has 3 aromatic carbocycles. The van der Waals surface area contributed by atoms with E-state index in [4.69, 9.17) is 0 Å². The van der Waals surface area contributed by atoms with Crippen molar-refractivity contribution in [3.63, 3.8) is 0 Å². The zero-order valence-corrected chi connectivity index (χ0v) is 18.0. The van der Waals surface area contributed by atoms with Gasteiger partial charge in [-0.25, -0.2) is 0 Å². The first kappa shape index (κ1) is 20.2. The van der Waals surface area contributed by atoms with Crippen LogP contribution in [-0.2, 0) is 10.3 Å². The maximum absolute atomic E-state index is 12.4. The van der Waals surface area contributed by atoms with Crippen molar-refractivity contribution >= 4 is 17.6 Å². The molecule has 3 aromatic rings. The van der Waals surface area contributed by atoms with Gasteiger partial charge in [-0.1, -0.05) is 85.8 Å². The van der Waals surface area contributed by atoms with E-state index in [1.54, 1.807) is 0 Å². The number of hydrogen-bond acceptors (Lipinski definition) is 1. The Morgan fingerprint density at radius 1 is 0.867 bits per heavy atom. The molecule has 0 spiro atoms. The summed E-state index contributed by atoms with van der Waals surface area (Å²) in [6, 6.07) is 27.8. The highest BCUT2D eigenvalue weighted by atomic mass is 16.1. The molecule has 1 amide bonds. The van der Waals surface area contributed by atoms with Gasteiger partial charge in [0.2, 0.25) is 5.91 Å². The summed E-state index contributed by atoms with van der Waals surface area (Å²) in [6.45, 7) is 6.24. The third-order valence-electron chi connectivity index (χ3n) is 5.91. The van der Waals surface area contributed by atoms with Crippen LogP contribution in [0.25, 0.3) is 11.6 Å². The highest BCUT2D eigenvalue weighted by Gasteiger charge is 2.33. The minimum Gasteiger partial charge on any atom is -0.347 e. The number of rotatable bonds is 6. The van der Waals surface area contributed by atoms with E-state index in [0.29, 0.717) is 6.42 Å². The van der Waals surface area contributed by atoms with Crippen LogP contribution in [0.15, 0.2) is 78.9 Å². The smallest absolute Gasteiger partial charge is 0.220 e. The molecule has 0 saturated carbocycles. The van der Waals surface area contributed by atoms with Crippen molar-refractivity contribution in [1.29, 1.82) is 0 Å². The highest BCUT2D eigenvalue weighted by Crippen LogP contribution is 2.47. The summed E-state index contributed by atoms with van der Waals surface area (Å²) in [7, 11) is 0. The standard InChI is InChI=1S/C28H29NO/c1-4-12-26(30)29-28(2,3)25-18-11-10-17-23(25)27-22-16-9-8-15-21(22)19-24(27)20-13-6-5-7-14-20/h5-11,13-19,27H,4,12H2,1-3H3,(H,29,30). The number of allylic oxidation sites excluding steroid dienone is 1. The molecule has 4 rings (SSSR count). The molecule has 1 aliphatic rings. The molecule has 2 nitrogen and oxygen atoms in total. The van der Waals surface area contributed by atoms with E-state index in [-0.39, 0.29) is 11.8 Å². The Hall–Kier alpha value is -3.13. The number of amides is 1. The molecule has 0 aromatic heterocycles. The molecule has 1 N–H and O–H groups in total. The van der Waals surface area contributed by atoms with Crippen molar-refractivity contribution in [1.82, 2.24) is 5.32 Å². The fourth-order valence-corrected chi connectivity index (χ4v) is 4.56. The van der Waals surface area contributed by atoms with E-state index >= 15 is 0 Å². The normalized spacial score (nSPS) is 15.4. The first-order chi connectivity index (χ1) is 14.5. The zero-order chi connectivity index (χ0) is 21.1. The van der Waals surface area contributed by atoms with Crippen LogP contribution in [0.4, 0.5) is 0 Å². The molecule has 1 atom stereocenters. The maximum atomic E-state index is 12.4. The van der Waals surface area contributed by atoms with Gasteiger partial charge in [-0.2, -0.15) is 0 Å². The maximum Gasteiger partial charge on any atom is 0.220 e. The fourth-order valence-electron chi connectivity index (χ4n) is 4.56. The number of carbonyl (C=O) groups excluding carboxylic acids is 1. The Labute approximate surface area is 179 Å². The number of nitrogens with one attached hydrogen (secondary N) is 1. The lowest BCUT2D eigenvalue weighted by atomic mass is 9.78. The molecule has 0 bridgehead atoms. The molecular formula is C28H29NO. The van der Waals surface area contributed by atoms with Gasteiger partial charge in [-0.05, 0) is 59.7 Å². The van der Waals surface area contributed by atoms with Crippen LogP contribution in [0.1, 0.15) is 67.3 Å².